The molecule has 2 heterocycles. The summed E-state index contributed by atoms with van der Waals surface area (Å²) in [7, 11) is 1.60. The predicted molar refractivity (Wildman–Crippen MR) is 87.2 cm³/mol. The Kier molecular flexibility index (Phi) is 4.19. The summed E-state index contributed by atoms with van der Waals surface area (Å²) in [4.78, 5) is 20.4. The highest BCUT2D eigenvalue weighted by Crippen LogP contribution is 2.25. The molecule has 0 radical (unpaired) electrons. The van der Waals surface area contributed by atoms with E-state index in [1.807, 2.05) is 24.3 Å². The summed E-state index contributed by atoms with van der Waals surface area (Å²) in [6.45, 7) is 2.07. The smallest absolute Gasteiger partial charge is 0.363 e. The van der Waals surface area contributed by atoms with Crippen LogP contribution in [-0.4, -0.2) is 24.0 Å². The van der Waals surface area contributed by atoms with Crippen LogP contribution in [0.1, 0.15) is 23.7 Å². The number of aliphatic imine (C=N–C) groups is 1. The second-order valence-electron chi connectivity index (χ2n) is 4.98. The zero-order valence-electron chi connectivity index (χ0n) is 12.9. The number of rotatable bonds is 4. The van der Waals surface area contributed by atoms with Crippen LogP contribution in [0.2, 0.25) is 0 Å². The van der Waals surface area contributed by atoms with E-state index in [0.717, 1.165) is 17.5 Å². The Hall–Kier alpha value is -2.95. The first-order valence-electron chi connectivity index (χ1n) is 7.32. The van der Waals surface area contributed by atoms with Gasteiger partial charge >= 0.3 is 5.97 Å². The summed E-state index contributed by atoms with van der Waals surface area (Å²) in [6.07, 6.45) is 4.20. The molecule has 1 aromatic carbocycles. The van der Waals surface area contributed by atoms with Crippen molar-refractivity contribution in [3.05, 3.63) is 65.1 Å². The number of aromatic nitrogens is 1. The number of pyridine rings is 1. The molecule has 3 rings (SSSR count). The lowest BCUT2D eigenvalue weighted by Crippen LogP contribution is -2.06. The van der Waals surface area contributed by atoms with Crippen molar-refractivity contribution >= 4 is 17.9 Å². The van der Waals surface area contributed by atoms with Crippen molar-refractivity contribution in [1.82, 2.24) is 4.98 Å². The molecule has 5 nitrogen and oxygen atoms in total. The SMILES string of the molecule is CCc1ccc(OC)c(/C=C2/N=C(c3ccccn3)OC2=O)c1. The van der Waals surface area contributed by atoms with Gasteiger partial charge in [0, 0.05) is 11.8 Å². The maximum atomic E-state index is 12.0. The third-order valence-corrected chi connectivity index (χ3v) is 3.50. The van der Waals surface area contributed by atoms with Crippen LogP contribution in [0, 0.1) is 0 Å². The Labute approximate surface area is 134 Å². The largest absolute Gasteiger partial charge is 0.496 e. The first-order valence-corrected chi connectivity index (χ1v) is 7.32. The van der Waals surface area contributed by atoms with Crippen molar-refractivity contribution in [3.8, 4) is 5.75 Å². The molecule has 1 aromatic heterocycles. The molecule has 0 saturated heterocycles. The summed E-state index contributed by atoms with van der Waals surface area (Å²) in [5.74, 6) is 0.408. The van der Waals surface area contributed by atoms with Crippen molar-refractivity contribution in [3.63, 3.8) is 0 Å². The molecule has 1 aliphatic heterocycles. The highest BCUT2D eigenvalue weighted by atomic mass is 16.6. The zero-order valence-corrected chi connectivity index (χ0v) is 12.9. The molecule has 0 bridgehead atoms. The molecule has 0 fully saturated rings. The molecule has 0 saturated carbocycles. The second kappa shape index (κ2) is 6.44. The van der Waals surface area contributed by atoms with E-state index >= 15 is 0 Å². The van der Waals surface area contributed by atoms with Gasteiger partial charge in [-0.15, -0.1) is 0 Å². The standard InChI is InChI=1S/C18H16N2O3/c1-3-12-7-8-16(22-2)13(10-12)11-15-18(21)23-17(20-15)14-6-4-5-9-19-14/h4-11H,3H2,1-2H3/b15-11+. The molecule has 0 N–H and O–H groups in total. The van der Waals surface area contributed by atoms with E-state index < -0.39 is 5.97 Å². The van der Waals surface area contributed by atoms with Crippen molar-refractivity contribution in [1.29, 1.82) is 0 Å². The molecule has 23 heavy (non-hydrogen) atoms. The van der Waals surface area contributed by atoms with Crippen LogP contribution in [0.25, 0.3) is 6.08 Å². The van der Waals surface area contributed by atoms with Gasteiger partial charge in [0.05, 0.1) is 7.11 Å². The lowest BCUT2D eigenvalue weighted by atomic mass is 10.1. The molecule has 1 aliphatic rings. The number of esters is 1. The number of methoxy groups -OCH3 is 1. The van der Waals surface area contributed by atoms with E-state index in [1.54, 1.807) is 31.5 Å². The average Bonchev–Trinajstić information content (AvgIpc) is 2.96. The van der Waals surface area contributed by atoms with Crippen molar-refractivity contribution in [2.24, 2.45) is 4.99 Å². The summed E-state index contributed by atoms with van der Waals surface area (Å²) >= 11 is 0. The van der Waals surface area contributed by atoms with Gasteiger partial charge in [-0.05, 0) is 42.3 Å². The minimum absolute atomic E-state index is 0.215. The number of nitrogens with zero attached hydrogens (tertiary/aromatic N) is 2. The Morgan fingerprint density at radius 1 is 1.26 bits per heavy atom. The van der Waals surface area contributed by atoms with Crippen molar-refractivity contribution in [2.75, 3.05) is 7.11 Å². The summed E-state index contributed by atoms with van der Waals surface area (Å²) in [5.41, 5.74) is 2.71. The van der Waals surface area contributed by atoms with Gasteiger partial charge < -0.3 is 9.47 Å². The van der Waals surface area contributed by atoms with Gasteiger partial charge in [-0.25, -0.2) is 9.79 Å². The summed E-state index contributed by atoms with van der Waals surface area (Å²) in [6, 6.07) is 11.2. The van der Waals surface area contributed by atoms with Crippen LogP contribution in [-0.2, 0) is 16.0 Å². The average molecular weight is 308 g/mol. The fourth-order valence-electron chi connectivity index (χ4n) is 2.27. The Balaban J connectivity index is 1.99. The van der Waals surface area contributed by atoms with Gasteiger partial charge in [0.25, 0.3) is 0 Å². The molecule has 0 spiro atoms. The number of carbonyl (C=O) groups excluding carboxylic acids is 1. The molecule has 0 atom stereocenters. The van der Waals surface area contributed by atoms with Crippen LogP contribution in [0.3, 0.4) is 0 Å². The minimum atomic E-state index is -0.491. The molecule has 5 heteroatoms. The van der Waals surface area contributed by atoms with Crippen molar-refractivity contribution < 1.29 is 14.3 Å². The highest BCUT2D eigenvalue weighted by Gasteiger charge is 2.25. The monoisotopic (exact) mass is 308 g/mol. The number of aryl methyl sites for hydroxylation is 1. The molecular weight excluding hydrogens is 292 g/mol. The molecule has 0 amide bonds. The number of benzene rings is 1. The van der Waals surface area contributed by atoms with Crippen LogP contribution in [0.5, 0.6) is 5.75 Å². The lowest BCUT2D eigenvalue weighted by molar-refractivity contribution is -0.129. The number of ether oxygens (including phenoxy) is 2. The van der Waals surface area contributed by atoms with E-state index in [9.17, 15) is 4.79 Å². The van der Waals surface area contributed by atoms with Crippen LogP contribution in [0.15, 0.2) is 53.3 Å². The van der Waals surface area contributed by atoms with Gasteiger partial charge in [-0.3, -0.25) is 4.98 Å². The van der Waals surface area contributed by atoms with Crippen LogP contribution in [0.4, 0.5) is 0 Å². The second-order valence-corrected chi connectivity index (χ2v) is 4.98. The number of hydrogen-bond donors (Lipinski definition) is 0. The first kappa shape index (κ1) is 15.0. The third-order valence-electron chi connectivity index (χ3n) is 3.50. The van der Waals surface area contributed by atoms with Crippen molar-refractivity contribution in [2.45, 2.75) is 13.3 Å². The lowest BCUT2D eigenvalue weighted by Gasteiger charge is -2.06. The van der Waals surface area contributed by atoms with Gasteiger partial charge in [-0.2, -0.15) is 0 Å². The summed E-state index contributed by atoms with van der Waals surface area (Å²) in [5, 5.41) is 0. The maximum Gasteiger partial charge on any atom is 0.363 e. The van der Waals surface area contributed by atoms with Gasteiger partial charge in [0.15, 0.2) is 5.70 Å². The molecule has 0 unspecified atom stereocenters. The van der Waals surface area contributed by atoms with E-state index in [-0.39, 0.29) is 11.6 Å². The highest BCUT2D eigenvalue weighted by molar-refractivity contribution is 6.12. The fraction of sp³-hybridized carbons (Fsp3) is 0.167. The van der Waals surface area contributed by atoms with E-state index in [4.69, 9.17) is 9.47 Å². The number of hydrogen-bond acceptors (Lipinski definition) is 5. The molecule has 116 valence electrons. The van der Waals surface area contributed by atoms with Gasteiger partial charge in [0.1, 0.15) is 11.4 Å². The normalized spacial score (nSPS) is 15.5. The quantitative estimate of drug-likeness (QED) is 0.643. The van der Waals surface area contributed by atoms with Gasteiger partial charge in [0.2, 0.25) is 5.90 Å². The molecular formula is C18H16N2O3. The Morgan fingerprint density at radius 3 is 2.83 bits per heavy atom. The first-order chi connectivity index (χ1) is 11.2. The van der Waals surface area contributed by atoms with E-state index in [2.05, 4.69) is 16.9 Å². The van der Waals surface area contributed by atoms with E-state index in [1.165, 1.54) is 0 Å². The fourth-order valence-corrected chi connectivity index (χ4v) is 2.27. The predicted octanol–water partition coefficient (Wildman–Crippen LogP) is 3.00. The van der Waals surface area contributed by atoms with E-state index in [0.29, 0.717) is 11.4 Å². The third kappa shape index (κ3) is 3.13. The van der Waals surface area contributed by atoms with Crippen LogP contribution >= 0.6 is 0 Å². The zero-order chi connectivity index (χ0) is 16.2. The Morgan fingerprint density at radius 2 is 2.13 bits per heavy atom. The maximum absolute atomic E-state index is 12.0. The topological polar surface area (TPSA) is 60.8 Å². The summed E-state index contributed by atoms with van der Waals surface area (Å²) < 4.78 is 10.5. The van der Waals surface area contributed by atoms with Gasteiger partial charge in [-0.1, -0.05) is 19.1 Å². The number of cyclic esters (lactones) is 1. The molecule has 0 aliphatic carbocycles. The number of carbonyl (C=O) groups is 1. The van der Waals surface area contributed by atoms with Crippen LogP contribution < -0.4 is 4.74 Å². The molecule has 2 aromatic rings. The minimum Gasteiger partial charge on any atom is -0.496 e. The Bertz CT molecular complexity index is 795.